The van der Waals surface area contributed by atoms with Crippen molar-refractivity contribution in [3.63, 3.8) is 0 Å². The first-order chi connectivity index (χ1) is 14.2. The molecule has 4 nitrogen and oxygen atoms in total. The Morgan fingerprint density at radius 2 is 1.79 bits per heavy atom. The van der Waals surface area contributed by atoms with Crippen LogP contribution in [0.3, 0.4) is 0 Å². The first kappa shape index (κ1) is 19.3. The van der Waals surface area contributed by atoms with Gasteiger partial charge < -0.3 is 14.4 Å². The molecule has 0 bridgehead atoms. The second-order valence-corrected chi connectivity index (χ2v) is 7.87. The van der Waals surface area contributed by atoms with Gasteiger partial charge in [0.1, 0.15) is 11.5 Å². The van der Waals surface area contributed by atoms with E-state index < -0.39 is 0 Å². The molecule has 1 aliphatic heterocycles. The normalized spacial score (nSPS) is 15.9. The van der Waals surface area contributed by atoms with Crippen molar-refractivity contribution in [2.24, 2.45) is 0 Å². The van der Waals surface area contributed by atoms with Crippen LogP contribution in [-0.2, 0) is 11.2 Å². The van der Waals surface area contributed by atoms with Crippen LogP contribution < -0.4 is 9.47 Å². The van der Waals surface area contributed by atoms with Gasteiger partial charge in [0.25, 0.3) is 0 Å². The summed E-state index contributed by atoms with van der Waals surface area (Å²) >= 11 is 1.77. The third-order valence-electron chi connectivity index (χ3n) is 5.16. The molecule has 29 heavy (non-hydrogen) atoms. The van der Waals surface area contributed by atoms with Crippen LogP contribution in [0.4, 0.5) is 0 Å². The van der Waals surface area contributed by atoms with Gasteiger partial charge in [0.2, 0.25) is 5.91 Å². The van der Waals surface area contributed by atoms with Crippen LogP contribution in [0.1, 0.15) is 27.6 Å². The molecule has 0 aliphatic carbocycles. The van der Waals surface area contributed by atoms with Crippen molar-refractivity contribution in [1.82, 2.24) is 4.90 Å². The quantitative estimate of drug-likeness (QED) is 0.564. The summed E-state index contributed by atoms with van der Waals surface area (Å²) in [6, 6.07) is 17.9. The summed E-state index contributed by atoms with van der Waals surface area (Å²) in [4.78, 5) is 16.5. The van der Waals surface area contributed by atoms with Crippen molar-refractivity contribution in [3.05, 3.63) is 87.6 Å². The average Bonchev–Trinajstić information content (AvgIpc) is 3.26. The standard InChI is InChI=1S/C24H23NO3S/c1-27-19-14-17(15-20(16-19)28-2)8-9-23(26)25-12-10-22-21(11-13-29-22)24(25)18-6-4-3-5-7-18/h3-9,11,13-16,24H,10,12H2,1-2H3/b9-8+. The van der Waals surface area contributed by atoms with Crippen molar-refractivity contribution in [3.8, 4) is 11.5 Å². The Balaban J connectivity index is 1.63. The zero-order valence-corrected chi connectivity index (χ0v) is 17.3. The predicted octanol–water partition coefficient (Wildman–Crippen LogP) is 4.95. The zero-order chi connectivity index (χ0) is 20.2. The second kappa shape index (κ2) is 8.53. The first-order valence-corrected chi connectivity index (χ1v) is 10.4. The number of nitrogens with zero attached hydrogens (tertiary/aromatic N) is 1. The minimum Gasteiger partial charge on any atom is -0.497 e. The maximum atomic E-state index is 13.2. The Morgan fingerprint density at radius 3 is 2.48 bits per heavy atom. The topological polar surface area (TPSA) is 38.8 Å². The molecule has 0 radical (unpaired) electrons. The summed E-state index contributed by atoms with van der Waals surface area (Å²) in [5, 5.41) is 2.12. The van der Waals surface area contributed by atoms with Crippen LogP contribution >= 0.6 is 11.3 Å². The van der Waals surface area contributed by atoms with Gasteiger partial charge in [-0.1, -0.05) is 30.3 Å². The number of methoxy groups -OCH3 is 2. The van der Waals surface area contributed by atoms with E-state index in [1.165, 1.54) is 10.4 Å². The summed E-state index contributed by atoms with van der Waals surface area (Å²) in [5.41, 5.74) is 3.23. The molecule has 0 saturated heterocycles. The monoisotopic (exact) mass is 405 g/mol. The van der Waals surface area contributed by atoms with E-state index in [9.17, 15) is 4.79 Å². The van der Waals surface area contributed by atoms with Gasteiger partial charge >= 0.3 is 0 Å². The number of thiophene rings is 1. The predicted molar refractivity (Wildman–Crippen MR) is 117 cm³/mol. The van der Waals surface area contributed by atoms with E-state index in [-0.39, 0.29) is 11.9 Å². The number of benzene rings is 2. The van der Waals surface area contributed by atoms with Gasteiger partial charge in [0.15, 0.2) is 0 Å². The molecule has 0 saturated carbocycles. The van der Waals surface area contributed by atoms with Crippen molar-refractivity contribution < 1.29 is 14.3 Å². The molecule has 4 rings (SSSR count). The van der Waals surface area contributed by atoms with Crippen LogP contribution in [0.5, 0.6) is 11.5 Å². The minimum atomic E-state index is -0.0526. The van der Waals surface area contributed by atoms with Gasteiger partial charge in [-0.15, -0.1) is 11.3 Å². The highest BCUT2D eigenvalue weighted by atomic mass is 32.1. The fourth-order valence-electron chi connectivity index (χ4n) is 3.74. The Bertz CT molecular complexity index is 1000. The Morgan fingerprint density at radius 1 is 1.07 bits per heavy atom. The van der Waals surface area contributed by atoms with Crippen LogP contribution in [0.25, 0.3) is 6.08 Å². The highest BCUT2D eigenvalue weighted by Crippen LogP contribution is 2.37. The number of hydrogen-bond acceptors (Lipinski definition) is 4. The molecule has 148 valence electrons. The molecule has 2 heterocycles. The largest absolute Gasteiger partial charge is 0.497 e. The molecule has 1 aliphatic rings. The molecule has 1 atom stereocenters. The van der Waals surface area contributed by atoms with Gasteiger partial charge in [-0.3, -0.25) is 4.79 Å². The number of hydrogen-bond donors (Lipinski definition) is 0. The van der Waals surface area contributed by atoms with Crippen molar-refractivity contribution in [2.75, 3.05) is 20.8 Å². The summed E-state index contributed by atoms with van der Waals surface area (Å²) in [6.45, 7) is 0.706. The fourth-order valence-corrected chi connectivity index (χ4v) is 4.64. The first-order valence-electron chi connectivity index (χ1n) is 9.52. The summed E-state index contributed by atoms with van der Waals surface area (Å²) in [6.07, 6.45) is 4.35. The van der Waals surface area contributed by atoms with Crippen LogP contribution in [0.15, 0.2) is 66.1 Å². The highest BCUT2D eigenvalue weighted by molar-refractivity contribution is 7.10. The third kappa shape index (κ3) is 4.05. The van der Waals surface area contributed by atoms with Crippen molar-refractivity contribution >= 4 is 23.3 Å². The summed E-state index contributed by atoms with van der Waals surface area (Å²) in [7, 11) is 3.23. The van der Waals surface area contributed by atoms with Gasteiger partial charge in [0.05, 0.1) is 20.3 Å². The molecule has 1 unspecified atom stereocenters. The van der Waals surface area contributed by atoms with Gasteiger partial charge in [-0.25, -0.2) is 0 Å². The van der Waals surface area contributed by atoms with Crippen LogP contribution in [0.2, 0.25) is 0 Å². The lowest BCUT2D eigenvalue weighted by Crippen LogP contribution is -2.39. The summed E-state index contributed by atoms with van der Waals surface area (Å²) in [5.74, 6) is 1.39. The maximum absolute atomic E-state index is 13.2. The van der Waals surface area contributed by atoms with Gasteiger partial charge in [0, 0.05) is 23.6 Å². The van der Waals surface area contributed by atoms with Crippen molar-refractivity contribution in [2.45, 2.75) is 12.5 Å². The smallest absolute Gasteiger partial charge is 0.247 e. The Hall–Kier alpha value is -3.05. The highest BCUT2D eigenvalue weighted by Gasteiger charge is 2.31. The average molecular weight is 406 g/mol. The number of rotatable bonds is 5. The van der Waals surface area contributed by atoms with Gasteiger partial charge in [-0.2, -0.15) is 0 Å². The van der Waals surface area contributed by atoms with E-state index in [2.05, 4.69) is 23.6 Å². The lowest BCUT2D eigenvalue weighted by Gasteiger charge is -2.35. The number of ether oxygens (including phenoxy) is 2. The molecule has 1 amide bonds. The van der Waals surface area contributed by atoms with Gasteiger partial charge in [-0.05, 0) is 52.8 Å². The summed E-state index contributed by atoms with van der Waals surface area (Å²) < 4.78 is 10.6. The molecule has 5 heteroatoms. The van der Waals surface area contributed by atoms with E-state index in [0.29, 0.717) is 18.0 Å². The minimum absolute atomic E-state index is 0.00232. The van der Waals surface area contributed by atoms with E-state index in [1.807, 2.05) is 47.4 Å². The maximum Gasteiger partial charge on any atom is 0.247 e. The molecule has 1 aromatic heterocycles. The Labute approximate surface area is 175 Å². The fraction of sp³-hybridized carbons (Fsp3) is 0.208. The molecule has 2 aromatic carbocycles. The number of carbonyl (C=O) groups excluding carboxylic acids is 1. The lowest BCUT2D eigenvalue weighted by molar-refractivity contribution is -0.127. The molecule has 3 aromatic rings. The SMILES string of the molecule is COc1cc(/C=C/C(=O)N2CCc3sccc3C2c2ccccc2)cc(OC)c1. The number of amides is 1. The van der Waals surface area contributed by atoms with E-state index in [0.717, 1.165) is 17.5 Å². The van der Waals surface area contributed by atoms with Crippen LogP contribution in [-0.4, -0.2) is 31.6 Å². The lowest BCUT2D eigenvalue weighted by atomic mass is 9.93. The van der Waals surface area contributed by atoms with E-state index >= 15 is 0 Å². The molecule has 0 fully saturated rings. The molecule has 0 spiro atoms. The second-order valence-electron chi connectivity index (χ2n) is 6.87. The van der Waals surface area contributed by atoms with E-state index in [1.54, 1.807) is 31.6 Å². The third-order valence-corrected chi connectivity index (χ3v) is 6.15. The van der Waals surface area contributed by atoms with Crippen molar-refractivity contribution in [1.29, 1.82) is 0 Å². The zero-order valence-electron chi connectivity index (χ0n) is 16.5. The Kier molecular flexibility index (Phi) is 5.67. The molecule has 0 N–H and O–H groups in total. The van der Waals surface area contributed by atoms with E-state index in [4.69, 9.17) is 9.47 Å². The molecular formula is C24H23NO3S. The van der Waals surface area contributed by atoms with Crippen LogP contribution in [0, 0.1) is 0 Å². The molecular weight excluding hydrogens is 382 g/mol. The number of carbonyl (C=O) groups is 1. The number of fused-ring (bicyclic) bond motifs is 1.